The predicted octanol–water partition coefficient (Wildman–Crippen LogP) is 15.5. The molecule has 0 unspecified atom stereocenters. The Bertz CT molecular complexity index is 3150. The summed E-state index contributed by atoms with van der Waals surface area (Å²) in [5.41, 5.74) is 17.4. The number of fused-ring (bicyclic) bond motifs is 7. The Morgan fingerprint density at radius 3 is 1.82 bits per heavy atom. The Kier molecular flexibility index (Phi) is 7.55. The topological polar surface area (TPSA) is 16.4 Å². The van der Waals surface area contributed by atoms with Crippen LogP contribution in [0.2, 0.25) is 0 Å². The average Bonchev–Trinajstić information content (AvgIpc) is 3.77. The molecule has 2 nitrogen and oxygen atoms in total. The average molecular weight is 730 g/mol. The van der Waals surface area contributed by atoms with E-state index in [1.807, 2.05) is 6.07 Å². The van der Waals surface area contributed by atoms with Crippen molar-refractivity contribution in [1.82, 2.24) is 0 Å². The summed E-state index contributed by atoms with van der Waals surface area (Å²) in [4.78, 5) is 2.39. The van der Waals surface area contributed by atoms with E-state index < -0.39 is 0 Å². The van der Waals surface area contributed by atoms with Crippen molar-refractivity contribution in [1.29, 1.82) is 0 Å². The molecule has 9 aromatic carbocycles. The standard InChI is InChI=1S/C55H39NO/c1-55(2)47-27-9-6-22-46(47)53-41(24-14-28-48(53)55)37-32-34-39(35-33-37)56(50-30-15-26-45-43-21-8-11-31-51(43)57-54(45)50)49-29-10-7-20-42(49)44-25-13-19-38-18-12-23-40(52(38)44)36-16-4-3-5-17-36/h3-35H,1-2H3. The molecular formula is C55H39NO. The van der Waals surface area contributed by atoms with Crippen molar-refractivity contribution in [2.45, 2.75) is 19.3 Å². The van der Waals surface area contributed by atoms with Crippen molar-refractivity contribution in [3.63, 3.8) is 0 Å². The number of furan rings is 1. The lowest BCUT2D eigenvalue weighted by Crippen LogP contribution is -2.14. The number of anilines is 3. The first-order valence-electron chi connectivity index (χ1n) is 19.8. The molecule has 0 aliphatic heterocycles. The lowest BCUT2D eigenvalue weighted by atomic mass is 9.82. The largest absolute Gasteiger partial charge is 0.454 e. The Balaban J connectivity index is 1.14. The third kappa shape index (κ3) is 5.18. The van der Waals surface area contributed by atoms with Gasteiger partial charge in [-0.25, -0.2) is 0 Å². The van der Waals surface area contributed by atoms with E-state index >= 15 is 0 Å². The van der Waals surface area contributed by atoms with Crippen molar-refractivity contribution in [3.05, 3.63) is 211 Å². The molecule has 10 aromatic rings. The number of nitrogens with zero attached hydrogens (tertiary/aromatic N) is 1. The lowest BCUT2D eigenvalue weighted by molar-refractivity contribution is 0.660. The molecule has 270 valence electrons. The zero-order chi connectivity index (χ0) is 38.1. The quantitative estimate of drug-likeness (QED) is 0.169. The first-order chi connectivity index (χ1) is 28.1. The van der Waals surface area contributed by atoms with Gasteiger partial charge in [-0.2, -0.15) is 0 Å². The zero-order valence-electron chi connectivity index (χ0n) is 31.9. The summed E-state index contributed by atoms with van der Waals surface area (Å²) in [5, 5.41) is 4.65. The maximum atomic E-state index is 6.75. The summed E-state index contributed by atoms with van der Waals surface area (Å²) in [5.74, 6) is 0. The van der Waals surface area contributed by atoms with Crippen LogP contribution < -0.4 is 4.90 Å². The van der Waals surface area contributed by atoms with Gasteiger partial charge in [0, 0.05) is 27.4 Å². The molecule has 0 bridgehead atoms. The summed E-state index contributed by atoms with van der Waals surface area (Å²) in [7, 11) is 0. The second-order valence-electron chi connectivity index (χ2n) is 15.6. The number of hydrogen-bond donors (Lipinski definition) is 0. The van der Waals surface area contributed by atoms with Crippen LogP contribution in [0, 0.1) is 0 Å². The molecule has 0 N–H and O–H groups in total. The molecule has 1 aliphatic rings. The highest BCUT2D eigenvalue weighted by molar-refractivity contribution is 6.12. The summed E-state index contributed by atoms with van der Waals surface area (Å²) in [6.07, 6.45) is 0. The maximum absolute atomic E-state index is 6.75. The third-order valence-electron chi connectivity index (χ3n) is 12.1. The van der Waals surface area contributed by atoms with E-state index in [0.717, 1.165) is 44.6 Å². The fourth-order valence-corrected chi connectivity index (χ4v) is 9.42. The third-order valence-corrected chi connectivity index (χ3v) is 12.1. The van der Waals surface area contributed by atoms with Gasteiger partial charge in [-0.15, -0.1) is 0 Å². The molecule has 2 heteroatoms. The second-order valence-corrected chi connectivity index (χ2v) is 15.6. The van der Waals surface area contributed by atoms with Crippen LogP contribution in [-0.2, 0) is 5.41 Å². The molecule has 0 saturated carbocycles. The van der Waals surface area contributed by atoms with E-state index in [4.69, 9.17) is 4.42 Å². The van der Waals surface area contributed by atoms with Gasteiger partial charge in [-0.3, -0.25) is 0 Å². The first-order valence-corrected chi connectivity index (χ1v) is 19.8. The smallest absolute Gasteiger partial charge is 0.159 e. The minimum absolute atomic E-state index is 0.0599. The monoisotopic (exact) mass is 729 g/mol. The predicted molar refractivity (Wildman–Crippen MR) is 240 cm³/mol. The molecule has 1 aromatic heterocycles. The van der Waals surface area contributed by atoms with Crippen LogP contribution in [0.25, 0.3) is 77.2 Å². The molecule has 0 amide bonds. The van der Waals surface area contributed by atoms with Gasteiger partial charge in [-0.1, -0.05) is 184 Å². The molecule has 0 radical (unpaired) electrons. The van der Waals surface area contributed by atoms with Crippen molar-refractivity contribution in [3.8, 4) is 44.5 Å². The molecule has 57 heavy (non-hydrogen) atoms. The zero-order valence-corrected chi connectivity index (χ0v) is 31.9. The minimum atomic E-state index is -0.0599. The highest BCUT2D eigenvalue weighted by atomic mass is 16.3. The molecule has 1 heterocycles. The highest BCUT2D eigenvalue weighted by Crippen LogP contribution is 2.53. The number of hydrogen-bond acceptors (Lipinski definition) is 2. The van der Waals surface area contributed by atoms with Gasteiger partial charge in [0.15, 0.2) is 5.58 Å². The van der Waals surface area contributed by atoms with Crippen LogP contribution in [0.5, 0.6) is 0 Å². The van der Waals surface area contributed by atoms with E-state index in [-0.39, 0.29) is 5.41 Å². The number of rotatable bonds is 6. The van der Waals surface area contributed by atoms with Crippen LogP contribution in [-0.4, -0.2) is 0 Å². The molecular weight excluding hydrogens is 691 g/mol. The lowest BCUT2D eigenvalue weighted by Gasteiger charge is -2.28. The Morgan fingerprint density at radius 2 is 0.982 bits per heavy atom. The normalized spacial score (nSPS) is 12.9. The summed E-state index contributed by atoms with van der Waals surface area (Å²) in [6.45, 7) is 4.69. The highest BCUT2D eigenvalue weighted by Gasteiger charge is 2.36. The molecule has 0 atom stereocenters. The van der Waals surface area contributed by atoms with Crippen molar-refractivity contribution < 1.29 is 4.42 Å². The van der Waals surface area contributed by atoms with E-state index in [2.05, 4.69) is 213 Å². The van der Waals surface area contributed by atoms with Crippen LogP contribution >= 0.6 is 0 Å². The Labute approximate surface area is 332 Å². The Hall–Kier alpha value is -7.16. The molecule has 0 fully saturated rings. The van der Waals surface area contributed by atoms with E-state index in [1.165, 1.54) is 60.8 Å². The van der Waals surface area contributed by atoms with E-state index in [0.29, 0.717) is 0 Å². The second kappa shape index (κ2) is 13.0. The summed E-state index contributed by atoms with van der Waals surface area (Å²) in [6, 6.07) is 72.5. The van der Waals surface area contributed by atoms with Gasteiger partial charge in [0.1, 0.15) is 5.58 Å². The summed E-state index contributed by atoms with van der Waals surface area (Å²) >= 11 is 0. The number of benzene rings is 9. The Morgan fingerprint density at radius 1 is 0.404 bits per heavy atom. The number of para-hydroxylation sites is 3. The van der Waals surface area contributed by atoms with Gasteiger partial charge in [0.25, 0.3) is 0 Å². The first kappa shape index (κ1) is 33.2. The fraction of sp³-hybridized carbons (Fsp3) is 0.0545. The van der Waals surface area contributed by atoms with Gasteiger partial charge in [-0.05, 0) is 91.2 Å². The summed E-state index contributed by atoms with van der Waals surface area (Å²) < 4.78 is 6.75. The van der Waals surface area contributed by atoms with Gasteiger partial charge in [0.2, 0.25) is 0 Å². The van der Waals surface area contributed by atoms with E-state index in [9.17, 15) is 0 Å². The van der Waals surface area contributed by atoms with Gasteiger partial charge < -0.3 is 9.32 Å². The maximum Gasteiger partial charge on any atom is 0.159 e. The van der Waals surface area contributed by atoms with Crippen LogP contribution in [0.4, 0.5) is 17.1 Å². The molecule has 11 rings (SSSR count). The van der Waals surface area contributed by atoms with E-state index in [1.54, 1.807) is 0 Å². The molecule has 1 aliphatic carbocycles. The SMILES string of the molecule is CC1(C)c2ccccc2-c2c(-c3ccc(N(c4ccccc4-c4cccc5cccc(-c6ccccc6)c45)c4cccc5c4oc4ccccc45)cc3)cccc21. The van der Waals surface area contributed by atoms with Gasteiger partial charge in [0.05, 0.1) is 11.4 Å². The van der Waals surface area contributed by atoms with Crippen LogP contribution in [0.15, 0.2) is 205 Å². The fourth-order valence-electron chi connectivity index (χ4n) is 9.42. The van der Waals surface area contributed by atoms with Crippen LogP contribution in [0.3, 0.4) is 0 Å². The van der Waals surface area contributed by atoms with Crippen molar-refractivity contribution in [2.24, 2.45) is 0 Å². The molecule has 0 spiro atoms. The molecule has 0 saturated heterocycles. The van der Waals surface area contributed by atoms with Crippen molar-refractivity contribution >= 4 is 49.8 Å². The minimum Gasteiger partial charge on any atom is -0.454 e. The van der Waals surface area contributed by atoms with Gasteiger partial charge >= 0.3 is 0 Å². The van der Waals surface area contributed by atoms with Crippen molar-refractivity contribution in [2.75, 3.05) is 4.90 Å². The van der Waals surface area contributed by atoms with Crippen LogP contribution in [0.1, 0.15) is 25.0 Å².